The summed E-state index contributed by atoms with van der Waals surface area (Å²) >= 11 is 0. The summed E-state index contributed by atoms with van der Waals surface area (Å²) in [6, 6.07) is 0.179. The number of carbonyl (C=O) groups is 2. The highest BCUT2D eigenvalue weighted by molar-refractivity contribution is 5.88. The maximum Gasteiger partial charge on any atom is 0.339 e. The van der Waals surface area contributed by atoms with E-state index in [-0.39, 0.29) is 23.4 Å². The third-order valence-electron chi connectivity index (χ3n) is 4.81. The highest BCUT2D eigenvalue weighted by atomic mass is 16.4. The Bertz CT molecular complexity index is 559. The molecule has 0 aromatic carbocycles. The highest BCUT2D eigenvalue weighted by Gasteiger charge is 2.28. The van der Waals surface area contributed by atoms with Gasteiger partial charge in [0.25, 0.3) is 0 Å². The van der Waals surface area contributed by atoms with Crippen molar-refractivity contribution in [3.63, 3.8) is 0 Å². The Labute approximate surface area is 137 Å². The van der Waals surface area contributed by atoms with Crippen LogP contribution in [-0.4, -0.2) is 44.8 Å². The highest BCUT2D eigenvalue weighted by Crippen LogP contribution is 2.26. The molecule has 1 atom stereocenters. The second-order valence-electron chi connectivity index (χ2n) is 6.49. The molecule has 0 saturated carbocycles. The molecular formula is C17H27N3O3. The first-order valence-electron chi connectivity index (χ1n) is 8.51. The Morgan fingerprint density at radius 1 is 1.39 bits per heavy atom. The number of aromatic carboxylic acids is 1. The Balaban J connectivity index is 1.93. The molecule has 0 bridgehead atoms. The minimum Gasteiger partial charge on any atom is -0.478 e. The van der Waals surface area contributed by atoms with Crippen LogP contribution in [0.4, 0.5) is 0 Å². The smallest absolute Gasteiger partial charge is 0.339 e. The summed E-state index contributed by atoms with van der Waals surface area (Å²) in [4.78, 5) is 25.5. The lowest BCUT2D eigenvalue weighted by atomic mass is 9.99. The predicted octanol–water partition coefficient (Wildman–Crippen LogP) is 2.88. The Morgan fingerprint density at radius 3 is 2.57 bits per heavy atom. The van der Waals surface area contributed by atoms with Gasteiger partial charge in [-0.05, 0) is 26.2 Å². The first-order valence-corrected chi connectivity index (χ1v) is 8.51. The summed E-state index contributed by atoms with van der Waals surface area (Å²) in [6.45, 7) is 7.39. The van der Waals surface area contributed by atoms with Gasteiger partial charge >= 0.3 is 5.97 Å². The molecule has 1 N–H and O–H groups in total. The van der Waals surface area contributed by atoms with Gasteiger partial charge in [0.05, 0.1) is 17.9 Å². The van der Waals surface area contributed by atoms with E-state index in [4.69, 9.17) is 5.11 Å². The van der Waals surface area contributed by atoms with Crippen molar-refractivity contribution in [1.82, 2.24) is 14.7 Å². The van der Waals surface area contributed by atoms with Crippen molar-refractivity contribution in [2.45, 2.75) is 58.9 Å². The average Bonchev–Trinajstić information content (AvgIpc) is 2.93. The van der Waals surface area contributed by atoms with Crippen molar-refractivity contribution < 1.29 is 14.7 Å². The Morgan fingerprint density at radius 2 is 2.04 bits per heavy atom. The molecule has 1 aliphatic heterocycles. The lowest BCUT2D eigenvalue weighted by Crippen LogP contribution is -2.41. The molecular weight excluding hydrogens is 294 g/mol. The SMILES string of the molecule is CCCCC(C)C(=O)N1CCC(n2ncc(C(=O)O)c2C)CC1. The number of unbranched alkanes of at least 4 members (excludes halogenated alkanes) is 1. The number of hydrogen-bond acceptors (Lipinski definition) is 3. The number of amides is 1. The minimum absolute atomic E-state index is 0.0940. The van der Waals surface area contributed by atoms with Gasteiger partial charge < -0.3 is 10.0 Å². The fourth-order valence-corrected chi connectivity index (χ4v) is 3.28. The van der Waals surface area contributed by atoms with E-state index in [1.807, 2.05) is 16.5 Å². The fraction of sp³-hybridized carbons (Fsp3) is 0.706. The van der Waals surface area contributed by atoms with Gasteiger partial charge in [0, 0.05) is 19.0 Å². The van der Waals surface area contributed by atoms with Crippen molar-refractivity contribution >= 4 is 11.9 Å². The van der Waals surface area contributed by atoms with E-state index in [1.165, 1.54) is 6.20 Å². The molecule has 1 aliphatic rings. The zero-order valence-corrected chi connectivity index (χ0v) is 14.3. The Hall–Kier alpha value is -1.85. The summed E-state index contributed by atoms with van der Waals surface area (Å²) in [7, 11) is 0. The molecule has 1 aromatic rings. The van der Waals surface area contributed by atoms with Crippen LogP contribution in [0.1, 0.15) is 68.0 Å². The second-order valence-corrected chi connectivity index (χ2v) is 6.49. The molecule has 1 unspecified atom stereocenters. The number of hydrogen-bond donors (Lipinski definition) is 1. The van der Waals surface area contributed by atoms with Gasteiger partial charge in [0.2, 0.25) is 5.91 Å². The van der Waals surface area contributed by atoms with Crippen LogP contribution in [0.5, 0.6) is 0 Å². The van der Waals surface area contributed by atoms with Crippen molar-refractivity contribution in [1.29, 1.82) is 0 Å². The summed E-state index contributed by atoms with van der Waals surface area (Å²) < 4.78 is 1.81. The molecule has 0 radical (unpaired) electrons. The number of carbonyl (C=O) groups excluding carboxylic acids is 1. The summed E-state index contributed by atoms with van der Waals surface area (Å²) in [5, 5.41) is 13.4. The third-order valence-corrected chi connectivity index (χ3v) is 4.81. The average molecular weight is 321 g/mol. The van der Waals surface area contributed by atoms with E-state index >= 15 is 0 Å². The van der Waals surface area contributed by atoms with Gasteiger partial charge in [-0.25, -0.2) is 4.79 Å². The van der Waals surface area contributed by atoms with Crippen LogP contribution in [0.3, 0.4) is 0 Å². The number of carboxylic acid groups (broad SMARTS) is 1. The van der Waals surface area contributed by atoms with E-state index in [9.17, 15) is 9.59 Å². The van der Waals surface area contributed by atoms with Crippen molar-refractivity contribution in [3.05, 3.63) is 17.5 Å². The molecule has 1 fully saturated rings. The van der Waals surface area contributed by atoms with Gasteiger partial charge in [-0.15, -0.1) is 0 Å². The summed E-state index contributed by atoms with van der Waals surface area (Å²) in [6.07, 6.45) is 6.23. The first-order chi connectivity index (χ1) is 11.0. The predicted molar refractivity (Wildman–Crippen MR) is 87.5 cm³/mol. The molecule has 2 heterocycles. The topological polar surface area (TPSA) is 75.4 Å². The normalized spacial score (nSPS) is 17.3. The first kappa shape index (κ1) is 17.5. The number of rotatable bonds is 6. The van der Waals surface area contributed by atoms with Crippen LogP contribution >= 0.6 is 0 Å². The Kier molecular flexibility index (Phi) is 5.80. The van der Waals surface area contributed by atoms with Crippen LogP contribution in [0.25, 0.3) is 0 Å². The van der Waals surface area contributed by atoms with Crippen LogP contribution in [0.15, 0.2) is 6.20 Å². The van der Waals surface area contributed by atoms with E-state index in [0.717, 1.165) is 45.2 Å². The lowest BCUT2D eigenvalue weighted by Gasteiger charge is -2.34. The number of piperidine rings is 1. The number of aromatic nitrogens is 2. The number of nitrogens with zero attached hydrogens (tertiary/aromatic N) is 3. The van der Waals surface area contributed by atoms with Gasteiger partial charge in [-0.2, -0.15) is 5.10 Å². The third kappa shape index (κ3) is 3.92. The molecule has 1 aromatic heterocycles. The quantitative estimate of drug-likeness (QED) is 0.874. The molecule has 1 saturated heterocycles. The van der Waals surface area contributed by atoms with Crippen LogP contribution < -0.4 is 0 Å². The molecule has 6 heteroatoms. The standard InChI is InChI=1S/C17H27N3O3/c1-4-5-6-12(2)16(21)19-9-7-14(8-10-19)20-13(3)15(11-18-20)17(22)23/h11-12,14H,4-10H2,1-3H3,(H,22,23). The zero-order chi connectivity index (χ0) is 17.0. The van der Waals surface area contributed by atoms with Crippen molar-refractivity contribution in [2.24, 2.45) is 5.92 Å². The van der Waals surface area contributed by atoms with Crippen LogP contribution in [0, 0.1) is 12.8 Å². The number of carboxylic acids is 1. The maximum atomic E-state index is 12.4. The van der Waals surface area contributed by atoms with Gasteiger partial charge in [-0.3, -0.25) is 9.48 Å². The van der Waals surface area contributed by atoms with E-state index in [0.29, 0.717) is 5.69 Å². The molecule has 6 nitrogen and oxygen atoms in total. The van der Waals surface area contributed by atoms with Crippen LogP contribution in [-0.2, 0) is 4.79 Å². The second kappa shape index (κ2) is 7.62. The molecule has 23 heavy (non-hydrogen) atoms. The molecule has 1 amide bonds. The lowest BCUT2D eigenvalue weighted by molar-refractivity contribution is -0.136. The minimum atomic E-state index is -0.939. The van der Waals surface area contributed by atoms with Gasteiger partial charge in [0.15, 0.2) is 0 Å². The molecule has 128 valence electrons. The molecule has 0 spiro atoms. The van der Waals surface area contributed by atoms with Crippen molar-refractivity contribution in [3.8, 4) is 0 Å². The zero-order valence-electron chi connectivity index (χ0n) is 14.3. The van der Waals surface area contributed by atoms with Gasteiger partial charge in [0.1, 0.15) is 5.56 Å². The number of likely N-dealkylation sites (tertiary alicyclic amines) is 1. The fourth-order valence-electron chi connectivity index (χ4n) is 3.28. The van der Waals surface area contributed by atoms with Crippen molar-refractivity contribution in [2.75, 3.05) is 13.1 Å². The monoisotopic (exact) mass is 321 g/mol. The summed E-state index contributed by atoms with van der Waals surface area (Å²) in [5.74, 6) is -0.594. The van der Waals surface area contributed by atoms with Gasteiger partial charge in [-0.1, -0.05) is 26.7 Å². The van der Waals surface area contributed by atoms with E-state index in [1.54, 1.807) is 6.92 Å². The largest absolute Gasteiger partial charge is 0.478 e. The maximum absolute atomic E-state index is 12.4. The summed E-state index contributed by atoms with van der Waals surface area (Å²) in [5.41, 5.74) is 0.954. The van der Waals surface area contributed by atoms with E-state index in [2.05, 4.69) is 12.0 Å². The molecule has 2 rings (SSSR count). The van der Waals surface area contributed by atoms with E-state index < -0.39 is 5.97 Å². The van der Waals surface area contributed by atoms with Crippen LogP contribution in [0.2, 0.25) is 0 Å². The molecule has 0 aliphatic carbocycles.